The number of aliphatic carboxylic acids is 1. The molecule has 2 N–H and O–H groups in total. The second-order valence-corrected chi connectivity index (χ2v) is 7.17. The third kappa shape index (κ3) is 4.47. The molecule has 0 saturated heterocycles. The molecule has 0 aromatic heterocycles. The zero-order chi connectivity index (χ0) is 15.5. The van der Waals surface area contributed by atoms with E-state index in [2.05, 4.69) is 4.72 Å². The van der Waals surface area contributed by atoms with Crippen LogP contribution in [0, 0.1) is 12.8 Å². The third-order valence-electron chi connectivity index (χ3n) is 2.68. The Kier molecular flexibility index (Phi) is 5.56. The Morgan fingerprint density at radius 2 is 2.00 bits per heavy atom. The summed E-state index contributed by atoms with van der Waals surface area (Å²) in [6.07, 6.45) is 0.206. The van der Waals surface area contributed by atoms with Gasteiger partial charge in [-0.15, -0.1) is 0 Å². The zero-order valence-corrected chi connectivity index (χ0v) is 13.1. The van der Waals surface area contributed by atoms with Crippen molar-refractivity contribution in [1.29, 1.82) is 0 Å². The number of rotatable bonds is 6. The van der Waals surface area contributed by atoms with E-state index in [1.807, 2.05) is 13.8 Å². The lowest BCUT2D eigenvalue weighted by molar-refractivity contribution is -0.139. The lowest BCUT2D eigenvalue weighted by atomic mass is 10.1. The Labute approximate surface area is 124 Å². The number of benzene rings is 1. The molecule has 0 saturated carbocycles. The number of carboxylic acids is 1. The van der Waals surface area contributed by atoms with Gasteiger partial charge in [-0.3, -0.25) is 4.79 Å². The van der Waals surface area contributed by atoms with Crippen molar-refractivity contribution in [3.8, 4) is 0 Å². The fraction of sp³-hybridized carbons (Fsp3) is 0.462. The molecule has 0 amide bonds. The molecule has 1 aromatic rings. The van der Waals surface area contributed by atoms with Gasteiger partial charge in [0.2, 0.25) is 10.0 Å². The molecule has 7 heteroatoms. The molecule has 20 heavy (non-hydrogen) atoms. The molecule has 1 rings (SSSR count). The molecule has 0 bridgehead atoms. The first-order chi connectivity index (χ1) is 9.13. The molecule has 0 aliphatic heterocycles. The van der Waals surface area contributed by atoms with Crippen molar-refractivity contribution in [3.63, 3.8) is 0 Å². The highest BCUT2D eigenvalue weighted by Crippen LogP contribution is 2.23. The number of carbonyl (C=O) groups is 1. The molecule has 1 atom stereocenters. The maximum Gasteiger partial charge on any atom is 0.321 e. The average Bonchev–Trinajstić information content (AvgIpc) is 2.30. The largest absolute Gasteiger partial charge is 0.480 e. The van der Waals surface area contributed by atoms with Crippen LogP contribution in [-0.4, -0.2) is 25.5 Å². The Balaban J connectivity index is 3.09. The Morgan fingerprint density at radius 1 is 1.40 bits per heavy atom. The molecule has 0 radical (unpaired) electrons. The number of halogens is 1. The van der Waals surface area contributed by atoms with Crippen LogP contribution in [0.3, 0.4) is 0 Å². The number of hydrogen-bond donors (Lipinski definition) is 2. The van der Waals surface area contributed by atoms with Crippen LogP contribution in [0.1, 0.15) is 25.8 Å². The number of nitrogens with one attached hydrogen (secondary N) is 1. The molecule has 0 spiro atoms. The van der Waals surface area contributed by atoms with Gasteiger partial charge in [-0.1, -0.05) is 31.5 Å². The zero-order valence-electron chi connectivity index (χ0n) is 11.6. The minimum absolute atomic E-state index is 0.0479. The van der Waals surface area contributed by atoms with E-state index >= 15 is 0 Å². The number of carboxylic acid groups (broad SMARTS) is 1. The van der Waals surface area contributed by atoms with E-state index < -0.39 is 22.0 Å². The highest BCUT2D eigenvalue weighted by Gasteiger charge is 2.27. The van der Waals surface area contributed by atoms with E-state index in [1.54, 1.807) is 13.0 Å². The number of sulfonamides is 1. The van der Waals surface area contributed by atoms with Crippen molar-refractivity contribution < 1.29 is 18.3 Å². The average molecular weight is 320 g/mol. The lowest BCUT2D eigenvalue weighted by Crippen LogP contribution is -2.41. The third-order valence-corrected chi connectivity index (χ3v) is 4.63. The quantitative estimate of drug-likeness (QED) is 0.843. The smallest absolute Gasteiger partial charge is 0.321 e. The summed E-state index contributed by atoms with van der Waals surface area (Å²) < 4.78 is 26.7. The summed E-state index contributed by atoms with van der Waals surface area (Å²) in [4.78, 5) is 11.0. The van der Waals surface area contributed by atoms with Crippen molar-refractivity contribution in [2.75, 3.05) is 0 Å². The van der Waals surface area contributed by atoms with Crippen molar-refractivity contribution >= 4 is 27.6 Å². The summed E-state index contributed by atoms with van der Waals surface area (Å²) in [6.45, 7) is 5.38. The van der Waals surface area contributed by atoms with Gasteiger partial charge in [-0.25, -0.2) is 8.42 Å². The predicted molar refractivity (Wildman–Crippen MR) is 77.4 cm³/mol. The molecule has 1 aromatic carbocycles. The Bertz CT molecular complexity index is 598. The van der Waals surface area contributed by atoms with Gasteiger partial charge in [-0.2, -0.15) is 4.72 Å². The van der Waals surface area contributed by atoms with Crippen molar-refractivity contribution in [1.82, 2.24) is 4.72 Å². The Hall–Kier alpha value is -1.11. The summed E-state index contributed by atoms with van der Waals surface area (Å²) >= 11 is 5.88. The van der Waals surface area contributed by atoms with Gasteiger partial charge in [0.15, 0.2) is 0 Å². The SMILES string of the molecule is Cc1ccc(Cl)c(S(=O)(=O)N[C@@H](CC(C)C)C(=O)O)c1. The standard InChI is InChI=1S/C13H18ClNO4S/c1-8(2)6-11(13(16)17)15-20(18,19)12-7-9(3)4-5-10(12)14/h4-5,7-8,11,15H,6H2,1-3H3,(H,16,17)/t11-/m0/s1. The van der Waals surface area contributed by atoms with Gasteiger partial charge in [0, 0.05) is 0 Å². The first kappa shape index (κ1) is 16.9. The van der Waals surface area contributed by atoms with E-state index in [-0.39, 0.29) is 22.3 Å². The van der Waals surface area contributed by atoms with Gasteiger partial charge < -0.3 is 5.11 Å². The second-order valence-electron chi connectivity index (χ2n) is 5.08. The molecule has 5 nitrogen and oxygen atoms in total. The summed E-state index contributed by atoms with van der Waals surface area (Å²) in [5.74, 6) is -1.15. The first-order valence-corrected chi connectivity index (χ1v) is 8.01. The topological polar surface area (TPSA) is 83.5 Å². The van der Waals surface area contributed by atoms with Crippen LogP contribution in [0.25, 0.3) is 0 Å². The van der Waals surface area contributed by atoms with Gasteiger partial charge in [0.05, 0.1) is 5.02 Å². The van der Waals surface area contributed by atoms with Crippen LogP contribution in [0.15, 0.2) is 23.1 Å². The monoisotopic (exact) mass is 319 g/mol. The molecular weight excluding hydrogens is 302 g/mol. The summed E-state index contributed by atoms with van der Waals surface area (Å²) in [7, 11) is -3.97. The highest BCUT2D eigenvalue weighted by molar-refractivity contribution is 7.89. The fourth-order valence-corrected chi connectivity index (χ4v) is 3.52. The van der Waals surface area contributed by atoms with E-state index in [1.165, 1.54) is 12.1 Å². The van der Waals surface area contributed by atoms with E-state index in [0.717, 1.165) is 5.56 Å². The van der Waals surface area contributed by atoms with Crippen LogP contribution in [0.5, 0.6) is 0 Å². The second kappa shape index (κ2) is 6.56. The van der Waals surface area contributed by atoms with Crippen molar-refractivity contribution in [2.24, 2.45) is 5.92 Å². The van der Waals surface area contributed by atoms with Crippen LogP contribution < -0.4 is 4.72 Å². The number of hydrogen-bond acceptors (Lipinski definition) is 3. The van der Waals surface area contributed by atoms with Crippen LogP contribution in [0.4, 0.5) is 0 Å². The molecule has 0 fully saturated rings. The van der Waals surface area contributed by atoms with E-state index in [9.17, 15) is 13.2 Å². The van der Waals surface area contributed by atoms with Crippen molar-refractivity contribution in [2.45, 2.75) is 38.1 Å². The maximum atomic E-state index is 12.2. The molecular formula is C13H18ClNO4S. The summed E-state index contributed by atoms with van der Waals surface area (Å²) in [5, 5.41) is 9.16. The van der Waals surface area contributed by atoms with Gasteiger partial charge in [0.1, 0.15) is 10.9 Å². The maximum absolute atomic E-state index is 12.2. The molecule has 0 heterocycles. The lowest BCUT2D eigenvalue weighted by Gasteiger charge is -2.17. The van der Waals surface area contributed by atoms with Gasteiger partial charge in [-0.05, 0) is 37.0 Å². The van der Waals surface area contributed by atoms with Crippen molar-refractivity contribution in [3.05, 3.63) is 28.8 Å². The van der Waals surface area contributed by atoms with Crippen LogP contribution in [-0.2, 0) is 14.8 Å². The highest BCUT2D eigenvalue weighted by atomic mass is 35.5. The van der Waals surface area contributed by atoms with E-state index in [4.69, 9.17) is 16.7 Å². The molecule has 0 unspecified atom stereocenters. The predicted octanol–water partition coefficient (Wildman–Crippen LogP) is 2.43. The normalized spacial score (nSPS) is 13.4. The minimum atomic E-state index is -3.97. The van der Waals surface area contributed by atoms with E-state index in [0.29, 0.717) is 0 Å². The first-order valence-electron chi connectivity index (χ1n) is 6.14. The molecule has 0 aliphatic rings. The fourth-order valence-electron chi connectivity index (χ4n) is 1.74. The minimum Gasteiger partial charge on any atom is -0.480 e. The summed E-state index contributed by atoms with van der Waals surface area (Å²) in [6, 6.07) is 3.41. The summed E-state index contributed by atoms with van der Waals surface area (Å²) in [5.41, 5.74) is 0.727. The van der Waals surface area contributed by atoms with Crippen LogP contribution in [0.2, 0.25) is 5.02 Å². The number of aryl methyl sites for hydroxylation is 1. The Morgan fingerprint density at radius 3 is 2.50 bits per heavy atom. The van der Waals surface area contributed by atoms with Gasteiger partial charge in [0.25, 0.3) is 0 Å². The van der Waals surface area contributed by atoms with Gasteiger partial charge >= 0.3 is 5.97 Å². The van der Waals surface area contributed by atoms with Crippen LogP contribution >= 0.6 is 11.6 Å². The molecule has 112 valence electrons. The molecule has 0 aliphatic carbocycles.